The highest BCUT2D eigenvalue weighted by Crippen LogP contribution is 2.21. The van der Waals surface area contributed by atoms with E-state index in [1.807, 2.05) is 0 Å². The zero-order chi connectivity index (χ0) is 11.7. The molecule has 0 bridgehead atoms. The highest BCUT2D eigenvalue weighted by atomic mass is 15.2. The minimum Gasteiger partial charge on any atom is -0.350 e. The first kappa shape index (κ1) is 10.8. The molecule has 3 heteroatoms. The summed E-state index contributed by atoms with van der Waals surface area (Å²) in [6, 6.07) is 8.66. The Kier molecular flexibility index (Phi) is 2.87. The van der Waals surface area contributed by atoms with Crippen LogP contribution >= 0.6 is 0 Å². The van der Waals surface area contributed by atoms with Crippen molar-refractivity contribution in [3.63, 3.8) is 0 Å². The molecule has 0 radical (unpaired) electrons. The summed E-state index contributed by atoms with van der Waals surface area (Å²) < 4.78 is 2.23. The molecule has 0 spiro atoms. The van der Waals surface area contributed by atoms with Gasteiger partial charge in [0.25, 0.3) is 0 Å². The molecular formula is C14H19N3. The first-order valence-electron chi connectivity index (χ1n) is 6.30. The molecule has 2 aromatic rings. The molecule has 1 aliphatic rings. The van der Waals surface area contributed by atoms with Crippen molar-refractivity contribution in [2.75, 3.05) is 26.2 Å². The van der Waals surface area contributed by atoms with Gasteiger partial charge in [0.15, 0.2) is 0 Å². The molecule has 0 atom stereocenters. The number of aromatic nitrogens is 1. The van der Waals surface area contributed by atoms with Gasteiger partial charge in [0.2, 0.25) is 0 Å². The number of aryl methyl sites for hydroxylation is 1. The van der Waals surface area contributed by atoms with Gasteiger partial charge >= 0.3 is 0 Å². The lowest BCUT2D eigenvalue weighted by molar-refractivity contribution is 0.234. The molecule has 90 valence electrons. The second-order valence-electron chi connectivity index (χ2n) is 4.81. The van der Waals surface area contributed by atoms with Crippen molar-refractivity contribution < 1.29 is 0 Å². The van der Waals surface area contributed by atoms with Gasteiger partial charge in [0.05, 0.1) is 0 Å². The van der Waals surface area contributed by atoms with Crippen LogP contribution in [0.15, 0.2) is 30.5 Å². The number of nitrogens with zero attached hydrogens (tertiary/aromatic N) is 2. The monoisotopic (exact) mass is 229 g/mol. The Hall–Kier alpha value is -1.32. The van der Waals surface area contributed by atoms with Crippen LogP contribution in [0.5, 0.6) is 0 Å². The smallest absolute Gasteiger partial charge is 0.0481 e. The molecule has 1 aliphatic heterocycles. The number of piperazine rings is 1. The van der Waals surface area contributed by atoms with Crippen LogP contribution in [0, 0.1) is 0 Å². The summed E-state index contributed by atoms with van der Waals surface area (Å²) in [7, 11) is 2.13. The molecule has 3 nitrogen and oxygen atoms in total. The van der Waals surface area contributed by atoms with Gasteiger partial charge in [-0.2, -0.15) is 0 Å². The molecule has 1 saturated heterocycles. The molecule has 0 saturated carbocycles. The summed E-state index contributed by atoms with van der Waals surface area (Å²) >= 11 is 0. The predicted molar refractivity (Wildman–Crippen MR) is 71.1 cm³/mol. The van der Waals surface area contributed by atoms with Crippen LogP contribution in [0.3, 0.4) is 0 Å². The number of fused-ring (bicyclic) bond motifs is 1. The van der Waals surface area contributed by atoms with Crippen molar-refractivity contribution in [2.24, 2.45) is 7.05 Å². The number of hydrogen-bond acceptors (Lipinski definition) is 2. The highest BCUT2D eigenvalue weighted by molar-refractivity contribution is 5.83. The highest BCUT2D eigenvalue weighted by Gasteiger charge is 2.13. The Morgan fingerprint density at radius 3 is 2.76 bits per heavy atom. The van der Waals surface area contributed by atoms with E-state index in [0.717, 1.165) is 32.7 Å². The van der Waals surface area contributed by atoms with Crippen LogP contribution in [-0.4, -0.2) is 35.6 Å². The maximum Gasteiger partial charge on any atom is 0.0481 e. The summed E-state index contributed by atoms with van der Waals surface area (Å²) in [5, 5.41) is 4.79. The van der Waals surface area contributed by atoms with Crippen molar-refractivity contribution >= 4 is 10.9 Å². The van der Waals surface area contributed by atoms with E-state index in [0.29, 0.717) is 0 Å². The van der Waals surface area contributed by atoms with E-state index in [1.165, 1.54) is 16.5 Å². The van der Waals surface area contributed by atoms with E-state index in [1.54, 1.807) is 0 Å². The zero-order valence-corrected chi connectivity index (χ0v) is 10.3. The molecule has 1 N–H and O–H groups in total. The molecule has 1 aromatic carbocycles. The molecule has 1 aromatic heterocycles. The van der Waals surface area contributed by atoms with Crippen molar-refractivity contribution in [3.8, 4) is 0 Å². The van der Waals surface area contributed by atoms with Crippen LogP contribution in [0.2, 0.25) is 0 Å². The lowest BCUT2D eigenvalue weighted by Crippen LogP contribution is -2.42. The van der Waals surface area contributed by atoms with E-state index in [4.69, 9.17) is 0 Å². The number of nitrogens with one attached hydrogen (secondary N) is 1. The van der Waals surface area contributed by atoms with Crippen molar-refractivity contribution in [1.82, 2.24) is 14.8 Å². The van der Waals surface area contributed by atoms with Crippen LogP contribution < -0.4 is 5.32 Å². The summed E-state index contributed by atoms with van der Waals surface area (Å²) in [6.07, 6.45) is 2.27. The summed E-state index contributed by atoms with van der Waals surface area (Å²) in [5.74, 6) is 0. The Labute approximate surface area is 102 Å². The number of hydrogen-bond donors (Lipinski definition) is 1. The largest absolute Gasteiger partial charge is 0.350 e. The van der Waals surface area contributed by atoms with Gasteiger partial charge < -0.3 is 9.88 Å². The number of rotatable bonds is 2. The van der Waals surface area contributed by atoms with Gasteiger partial charge in [-0.15, -0.1) is 0 Å². The van der Waals surface area contributed by atoms with E-state index in [2.05, 4.69) is 52.3 Å². The fraction of sp³-hybridized carbons (Fsp3) is 0.429. The third kappa shape index (κ3) is 2.08. The van der Waals surface area contributed by atoms with Crippen molar-refractivity contribution in [2.45, 2.75) is 6.54 Å². The summed E-state index contributed by atoms with van der Waals surface area (Å²) in [5.41, 5.74) is 2.78. The fourth-order valence-electron chi connectivity index (χ4n) is 2.66. The second kappa shape index (κ2) is 4.51. The van der Waals surface area contributed by atoms with Crippen molar-refractivity contribution in [1.29, 1.82) is 0 Å². The molecule has 17 heavy (non-hydrogen) atoms. The topological polar surface area (TPSA) is 20.2 Å². The quantitative estimate of drug-likeness (QED) is 0.844. The maximum atomic E-state index is 3.40. The van der Waals surface area contributed by atoms with Crippen LogP contribution in [0.1, 0.15) is 5.56 Å². The Morgan fingerprint density at radius 2 is 1.94 bits per heavy atom. The van der Waals surface area contributed by atoms with E-state index in [-0.39, 0.29) is 0 Å². The molecule has 1 fully saturated rings. The van der Waals surface area contributed by atoms with Gasteiger partial charge in [0.1, 0.15) is 0 Å². The first-order valence-corrected chi connectivity index (χ1v) is 6.30. The van der Waals surface area contributed by atoms with Gasteiger partial charge in [-0.25, -0.2) is 0 Å². The van der Waals surface area contributed by atoms with Gasteiger partial charge in [-0.05, 0) is 11.6 Å². The SMILES string of the molecule is Cn1cc(CN2CCNCC2)c2ccccc21. The molecule has 3 rings (SSSR count). The normalized spacial score (nSPS) is 17.7. The fourth-order valence-corrected chi connectivity index (χ4v) is 2.66. The first-order chi connectivity index (χ1) is 8.34. The van der Waals surface area contributed by atoms with Crippen LogP contribution in [0.25, 0.3) is 10.9 Å². The standard InChI is InChI=1S/C14H19N3/c1-16-10-12(11-17-8-6-15-7-9-17)13-4-2-3-5-14(13)16/h2-5,10,15H,6-9,11H2,1H3. The molecule has 0 aliphatic carbocycles. The average Bonchev–Trinajstić information content (AvgIpc) is 2.69. The Morgan fingerprint density at radius 1 is 1.18 bits per heavy atom. The Balaban J connectivity index is 1.89. The van der Waals surface area contributed by atoms with Crippen molar-refractivity contribution in [3.05, 3.63) is 36.0 Å². The number of para-hydroxylation sites is 1. The predicted octanol–water partition coefficient (Wildman–Crippen LogP) is 1.58. The third-order valence-electron chi connectivity index (χ3n) is 3.58. The number of benzene rings is 1. The second-order valence-corrected chi connectivity index (χ2v) is 4.81. The molecular weight excluding hydrogens is 210 g/mol. The zero-order valence-electron chi connectivity index (χ0n) is 10.3. The average molecular weight is 229 g/mol. The third-order valence-corrected chi connectivity index (χ3v) is 3.58. The van der Waals surface area contributed by atoms with E-state index >= 15 is 0 Å². The molecule has 0 unspecified atom stereocenters. The van der Waals surface area contributed by atoms with Gasteiger partial charge in [-0.1, -0.05) is 18.2 Å². The maximum absolute atomic E-state index is 3.40. The van der Waals surface area contributed by atoms with Crippen LogP contribution in [0.4, 0.5) is 0 Å². The summed E-state index contributed by atoms with van der Waals surface area (Å²) in [4.78, 5) is 2.53. The van der Waals surface area contributed by atoms with E-state index < -0.39 is 0 Å². The minimum absolute atomic E-state index is 1.07. The molecule has 2 heterocycles. The minimum atomic E-state index is 1.07. The molecule has 0 amide bonds. The van der Waals surface area contributed by atoms with E-state index in [9.17, 15) is 0 Å². The van der Waals surface area contributed by atoms with Crippen LogP contribution in [-0.2, 0) is 13.6 Å². The lowest BCUT2D eigenvalue weighted by atomic mass is 10.1. The lowest BCUT2D eigenvalue weighted by Gasteiger charge is -2.26. The summed E-state index contributed by atoms with van der Waals surface area (Å²) in [6.45, 7) is 5.62. The van der Waals surface area contributed by atoms with Gasteiger partial charge in [0, 0.05) is 56.9 Å². The Bertz CT molecular complexity index is 509. The van der Waals surface area contributed by atoms with Gasteiger partial charge in [-0.3, -0.25) is 4.90 Å².